The van der Waals surface area contributed by atoms with Crippen LogP contribution in [0.1, 0.15) is 23.0 Å². The van der Waals surface area contributed by atoms with E-state index in [4.69, 9.17) is 14.6 Å². The standard InChI is InChI=1S/C19H18N3O2/c1-23-15-8-6-14(7-9-15)22-12-21-18(20-22)11-24-17-10-13-4-2-3-5-16(13)19(17)21/h2-9,12,17,19H,10-11H2,1H3/q+1/t17-,19+/m0/s1. The number of methoxy groups -OCH3 is 1. The second kappa shape index (κ2) is 5.18. The lowest BCUT2D eigenvalue weighted by atomic mass is 10.1. The number of aromatic nitrogens is 3. The molecule has 0 saturated carbocycles. The van der Waals surface area contributed by atoms with Crippen LogP contribution in [-0.4, -0.2) is 23.0 Å². The van der Waals surface area contributed by atoms with Crippen molar-refractivity contribution in [2.24, 2.45) is 0 Å². The summed E-state index contributed by atoms with van der Waals surface area (Å²) in [6.07, 6.45) is 3.26. The molecular formula is C19H18N3O2+. The molecule has 0 amide bonds. The van der Waals surface area contributed by atoms with Crippen molar-refractivity contribution in [3.63, 3.8) is 0 Å². The van der Waals surface area contributed by atoms with Crippen molar-refractivity contribution in [3.05, 3.63) is 71.8 Å². The Bertz CT molecular complexity index is 901. The van der Waals surface area contributed by atoms with E-state index in [-0.39, 0.29) is 12.1 Å². The van der Waals surface area contributed by atoms with Gasteiger partial charge in [-0.25, -0.2) is 4.57 Å². The van der Waals surface area contributed by atoms with Gasteiger partial charge in [0.05, 0.1) is 7.11 Å². The topological polar surface area (TPSA) is 40.2 Å². The number of fused-ring (bicyclic) bond motifs is 5. The van der Waals surface area contributed by atoms with Crippen molar-refractivity contribution in [1.29, 1.82) is 0 Å². The largest absolute Gasteiger partial charge is 0.497 e. The molecule has 0 spiro atoms. The Balaban J connectivity index is 1.57. The van der Waals surface area contributed by atoms with Gasteiger partial charge < -0.3 is 9.47 Å². The molecule has 3 aromatic rings. The first-order chi connectivity index (χ1) is 11.8. The zero-order valence-corrected chi connectivity index (χ0v) is 13.4. The fraction of sp³-hybridized carbons (Fsp3) is 0.263. The monoisotopic (exact) mass is 320 g/mol. The van der Waals surface area contributed by atoms with Gasteiger partial charge in [-0.3, -0.25) is 0 Å². The molecule has 2 aromatic carbocycles. The maximum atomic E-state index is 6.08. The van der Waals surface area contributed by atoms with Crippen molar-refractivity contribution in [2.45, 2.75) is 25.2 Å². The summed E-state index contributed by atoms with van der Waals surface area (Å²) in [5.74, 6) is 1.81. The fourth-order valence-corrected chi connectivity index (χ4v) is 3.78. The second-order valence-corrected chi connectivity index (χ2v) is 6.28. The lowest BCUT2D eigenvalue weighted by Crippen LogP contribution is -2.51. The normalized spacial score (nSPS) is 21.0. The first-order valence-electron chi connectivity index (χ1n) is 8.17. The van der Waals surface area contributed by atoms with Crippen LogP contribution >= 0.6 is 0 Å². The highest BCUT2D eigenvalue weighted by Crippen LogP contribution is 2.35. The summed E-state index contributed by atoms with van der Waals surface area (Å²) < 4.78 is 15.5. The summed E-state index contributed by atoms with van der Waals surface area (Å²) in [6, 6.07) is 16.7. The van der Waals surface area contributed by atoms with Crippen molar-refractivity contribution >= 4 is 0 Å². The van der Waals surface area contributed by atoms with Crippen molar-refractivity contribution in [1.82, 2.24) is 9.78 Å². The Kier molecular flexibility index (Phi) is 2.97. The summed E-state index contributed by atoms with van der Waals surface area (Å²) in [4.78, 5) is 0. The van der Waals surface area contributed by atoms with Crippen LogP contribution in [0.4, 0.5) is 0 Å². The van der Waals surface area contributed by atoms with E-state index in [2.05, 4.69) is 35.2 Å². The van der Waals surface area contributed by atoms with Crippen molar-refractivity contribution in [3.8, 4) is 11.4 Å². The van der Waals surface area contributed by atoms with Crippen LogP contribution in [-0.2, 0) is 17.8 Å². The lowest BCUT2D eigenvalue weighted by Gasteiger charge is -2.23. The van der Waals surface area contributed by atoms with Crippen LogP contribution in [0.5, 0.6) is 5.75 Å². The van der Waals surface area contributed by atoms with Crippen LogP contribution in [0.15, 0.2) is 54.9 Å². The van der Waals surface area contributed by atoms with Crippen molar-refractivity contribution < 1.29 is 14.0 Å². The summed E-state index contributed by atoms with van der Waals surface area (Å²) in [7, 11) is 1.67. The van der Waals surface area contributed by atoms with Gasteiger partial charge >= 0.3 is 5.82 Å². The van der Waals surface area contributed by atoms with E-state index in [0.717, 1.165) is 23.7 Å². The van der Waals surface area contributed by atoms with E-state index < -0.39 is 0 Å². The van der Waals surface area contributed by atoms with Gasteiger partial charge in [-0.2, -0.15) is 0 Å². The Hall–Kier alpha value is -2.66. The first-order valence-corrected chi connectivity index (χ1v) is 8.17. The van der Waals surface area contributed by atoms with Crippen LogP contribution in [0, 0.1) is 0 Å². The third-order valence-corrected chi connectivity index (χ3v) is 4.97. The molecule has 0 radical (unpaired) electrons. The molecule has 2 heterocycles. The van der Waals surface area contributed by atoms with Gasteiger partial charge in [-0.15, -0.1) is 0 Å². The summed E-state index contributed by atoms with van der Waals surface area (Å²) in [6.45, 7) is 0.554. The number of hydrogen-bond acceptors (Lipinski definition) is 3. The maximum Gasteiger partial charge on any atom is 0.304 e. The van der Waals surface area contributed by atoms with Gasteiger partial charge in [-0.05, 0) is 35.4 Å². The SMILES string of the molecule is COc1ccc(-n2c[n+]3c(n2)CO[C@H]2Cc4ccccc4[C@H]23)cc1. The molecule has 0 fully saturated rings. The lowest BCUT2D eigenvalue weighted by molar-refractivity contribution is -0.739. The molecule has 1 aromatic heterocycles. The van der Waals surface area contributed by atoms with E-state index >= 15 is 0 Å². The number of hydrogen-bond donors (Lipinski definition) is 0. The molecule has 0 saturated heterocycles. The van der Waals surface area contributed by atoms with E-state index in [1.807, 2.05) is 28.9 Å². The highest BCUT2D eigenvalue weighted by molar-refractivity contribution is 5.37. The molecule has 0 bridgehead atoms. The molecule has 120 valence electrons. The van der Waals surface area contributed by atoms with E-state index in [1.165, 1.54) is 11.1 Å². The second-order valence-electron chi connectivity index (χ2n) is 6.28. The molecule has 1 aliphatic carbocycles. The maximum absolute atomic E-state index is 6.08. The van der Waals surface area contributed by atoms with Gasteiger partial charge in [0.2, 0.25) is 6.33 Å². The average molecular weight is 320 g/mol. The molecule has 0 N–H and O–H groups in total. The molecule has 5 rings (SSSR count). The van der Waals surface area contributed by atoms with Crippen molar-refractivity contribution in [2.75, 3.05) is 7.11 Å². The fourth-order valence-electron chi connectivity index (χ4n) is 3.78. The van der Waals surface area contributed by atoms with Gasteiger partial charge in [0, 0.05) is 11.5 Å². The number of rotatable bonds is 2. The number of nitrogens with zero attached hydrogens (tertiary/aromatic N) is 3. The minimum absolute atomic E-state index is 0.202. The molecule has 5 nitrogen and oxygen atoms in total. The molecule has 24 heavy (non-hydrogen) atoms. The Morgan fingerprint density at radius 3 is 2.83 bits per heavy atom. The third kappa shape index (κ3) is 1.98. The van der Waals surface area contributed by atoms with Crippen LogP contribution in [0.3, 0.4) is 0 Å². The van der Waals surface area contributed by atoms with Crippen LogP contribution in [0.25, 0.3) is 5.69 Å². The minimum atomic E-state index is 0.202. The van der Waals surface area contributed by atoms with E-state index in [1.54, 1.807) is 7.11 Å². The highest BCUT2D eigenvalue weighted by Gasteiger charge is 2.43. The van der Waals surface area contributed by atoms with Gasteiger partial charge in [-0.1, -0.05) is 28.9 Å². The Morgan fingerprint density at radius 1 is 1.17 bits per heavy atom. The number of ether oxygens (including phenoxy) is 2. The van der Waals surface area contributed by atoms with Gasteiger partial charge in [0.15, 0.2) is 0 Å². The minimum Gasteiger partial charge on any atom is -0.497 e. The molecule has 1 aliphatic heterocycles. The number of benzene rings is 2. The average Bonchev–Trinajstić information content (AvgIpc) is 3.22. The quantitative estimate of drug-likeness (QED) is 0.680. The highest BCUT2D eigenvalue weighted by atomic mass is 16.5. The van der Waals surface area contributed by atoms with E-state index in [9.17, 15) is 0 Å². The third-order valence-electron chi connectivity index (χ3n) is 4.97. The molecule has 2 atom stereocenters. The Morgan fingerprint density at radius 2 is 2.00 bits per heavy atom. The predicted octanol–water partition coefficient (Wildman–Crippen LogP) is 2.21. The molecule has 2 aliphatic rings. The van der Waals surface area contributed by atoms with E-state index in [0.29, 0.717) is 6.61 Å². The van der Waals surface area contributed by atoms with Gasteiger partial charge in [0.1, 0.15) is 30.2 Å². The molecule has 0 unspecified atom stereocenters. The zero-order chi connectivity index (χ0) is 16.1. The summed E-state index contributed by atoms with van der Waals surface area (Å²) in [5, 5.41) is 4.72. The summed E-state index contributed by atoms with van der Waals surface area (Å²) >= 11 is 0. The van der Waals surface area contributed by atoms with Gasteiger partial charge in [0.25, 0.3) is 0 Å². The zero-order valence-electron chi connectivity index (χ0n) is 13.4. The molecule has 5 heteroatoms. The van der Waals surface area contributed by atoms with Crippen LogP contribution < -0.4 is 9.30 Å². The molecular weight excluding hydrogens is 302 g/mol. The summed E-state index contributed by atoms with van der Waals surface area (Å²) in [5.41, 5.74) is 3.74. The first kappa shape index (κ1) is 13.7. The Labute approximate surface area is 140 Å². The predicted molar refractivity (Wildman–Crippen MR) is 87.2 cm³/mol. The van der Waals surface area contributed by atoms with Crippen LogP contribution in [0.2, 0.25) is 0 Å². The smallest absolute Gasteiger partial charge is 0.304 e.